The zero-order valence-corrected chi connectivity index (χ0v) is 22.1. The molecule has 1 atom stereocenters. The molecular formula is C27H28N4O5S. The van der Waals surface area contributed by atoms with Gasteiger partial charge in [-0.3, -0.25) is 10.1 Å². The number of aromatic amines is 1. The van der Waals surface area contributed by atoms with Gasteiger partial charge in [0.15, 0.2) is 22.7 Å². The highest BCUT2D eigenvalue weighted by Gasteiger charge is 2.23. The molecule has 2 heterocycles. The first-order valence-corrected chi connectivity index (χ1v) is 12.5. The number of methoxy groups -OCH3 is 2. The highest BCUT2D eigenvalue weighted by Crippen LogP contribution is 2.33. The molecule has 1 amide bonds. The van der Waals surface area contributed by atoms with Crippen LogP contribution in [0.3, 0.4) is 0 Å². The zero-order valence-electron chi connectivity index (χ0n) is 21.2. The summed E-state index contributed by atoms with van der Waals surface area (Å²) in [6.07, 6.45) is -0.648. The van der Waals surface area contributed by atoms with Gasteiger partial charge in [-0.2, -0.15) is 0 Å². The lowest BCUT2D eigenvalue weighted by molar-refractivity contribution is -0.124. The summed E-state index contributed by atoms with van der Waals surface area (Å²) in [6, 6.07) is 12.4. The number of hydrogen-bond acceptors (Lipinski definition) is 8. The van der Waals surface area contributed by atoms with E-state index in [0.29, 0.717) is 34.3 Å². The minimum absolute atomic E-state index is 0.314. The van der Waals surface area contributed by atoms with Crippen molar-refractivity contribution in [1.82, 2.24) is 15.0 Å². The van der Waals surface area contributed by atoms with E-state index in [-0.39, 0.29) is 0 Å². The number of amides is 1. The number of hydrogen-bond donors (Lipinski definition) is 2. The molecule has 192 valence electrons. The maximum absolute atomic E-state index is 12.8. The Bertz CT molecular complexity index is 1390. The van der Waals surface area contributed by atoms with Gasteiger partial charge in [0.1, 0.15) is 5.82 Å². The summed E-state index contributed by atoms with van der Waals surface area (Å²) < 4.78 is 16.1. The quantitative estimate of drug-likeness (QED) is 0.284. The molecule has 0 bridgehead atoms. The van der Waals surface area contributed by atoms with Gasteiger partial charge in [0.25, 0.3) is 5.91 Å². The number of imidazole rings is 1. The highest BCUT2D eigenvalue weighted by atomic mass is 32.1. The zero-order chi connectivity index (χ0) is 26.5. The van der Waals surface area contributed by atoms with Crippen LogP contribution in [0.2, 0.25) is 0 Å². The van der Waals surface area contributed by atoms with Crippen LogP contribution in [0.25, 0.3) is 22.6 Å². The van der Waals surface area contributed by atoms with Crippen LogP contribution in [0.1, 0.15) is 35.1 Å². The van der Waals surface area contributed by atoms with Gasteiger partial charge in [-0.15, -0.1) is 11.3 Å². The van der Waals surface area contributed by atoms with Crippen molar-refractivity contribution >= 4 is 28.3 Å². The summed E-state index contributed by atoms with van der Waals surface area (Å²) in [5.74, 6) is 0.909. The molecule has 0 saturated heterocycles. The van der Waals surface area contributed by atoms with Gasteiger partial charge in [0.05, 0.1) is 31.2 Å². The molecule has 37 heavy (non-hydrogen) atoms. The van der Waals surface area contributed by atoms with Gasteiger partial charge >= 0.3 is 5.97 Å². The summed E-state index contributed by atoms with van der Waals surface area (Å²) in [5.41, 5.74) is 4.61. The summed E-state index contributed by atoms with van der Waals surface area (Å²) >= 11 is 1.28. The number of benzene rings is 2. The fourth-order valence-electron chi connectivity index (χ4n) is 3.61. The number of carbonyl (C=O) groups is 2. The van der Waals surface area contributed by atoms with E-state index in [9.17, 15) is 9.59 Å². The van der Waals surface area contributed by atoms with Gasteiger partial charge < -0.3 is 19.2 Å². The summed E-state index contributed by atoms with van der Waals surface area (Å²) in [4.78, 5) is 37.7. The smallest absolute Gasteiger partial charge is 0.338 e. The van der Waals surface area contributed by atoms with Crippen LogP contribution >= 0.6 is 11.3 Å². The van der Waals surface area contributed by atoms with Crippen LogP contribution in [-0.4, -0.2) is 47.2 Å². The summed E-state index contributed by atoms with van der Waals surface area (Å²) in [6.45, 7) is 5.66. The first-order valence-electron chi connectivity index (χ1n) is 11.7. The monoisotopic (exact) mass is 520 g/mol. The van der Waals surface area contributed by atoms with Crippen LogP contribution in [0.5, 0.6) is 11.5 Å². The molecule has 0 fully saturated rings. The second-order valence-electron chi connectivity index (χ2n) is 8.27. The molecule has 9 nitrogen and oxygen atoms in total. The van der Waals surface area contributed by atoms with E-state index in [4.69, 9.17) is 14.2 Å². The van der Waals surface area contributed by atoms with Crippen molar-refractivity contribution in [2.45, 2.75) is 33.3 Å². The van der Waals surface area contributed by atoms with E-state index >= 15 is 0 Å². The van der Waals surface area contributed by atoms with Crippen molar-refractivity contribution in [3.63, 3.8) is 0 Å². The molecule has 4 rings (SSSR count). The normalized spacial score (nSPS) is 11.6. The predicted octanol–water partition coefficient (Wildman–Crippen LogP) is 5.41. The Morgan fingerprint density at radius 3 is 2.32 bits per heavy atom. The van der Waals surface area contributed by atoms with E-state index in [2.05, 4.69) is 20.3 Å². The molecule has 0 aliphatic carbocycles. The minimum Gasteiger partial charge on any atom is -0.493 e. The van der Waals surface area contributed by atoms with Crippen molar-refractivity contribution in [1.29, 1.82) is 0 Å². The minimum atomic E-state index is -0.962. The number of nitrogens with one attached hydrogen (secondary N) is 2. The van der Waals surface area contributed by atoms with Crippen LogP contribution in [-0.2, 0) is 9.53 Å². The SMILES string of the molecule is CCC(OC(=O)c1ccc(-c2nc(C)c(C)[nH]2)cc1)C(=O)Nc1nc(-c2ccc(OC)c(OC)c2)cs1. The van der Waals surface area contributed by atoms with Crippen LogP contribution in [0.15, 0.2) is 47.8 Å². The number of rotatable bonds is 9. The molecule has 1 unspecified atom stereocenters. The largest absolute Gasteiger partial charge is 0.493 e. The molecule has 0 spiro atoms. The van der Waals surface area contributed by atoms with Gasteiger partial charge in [0.2, 0.25) is 0 Å². The molecule has 4 aromatic rings. The fourth-order valence-corrected chi connectivity index (χ4v) is 4.34. The number of H-pyrrole nitrogens is 1. The van der Waals surface area contributed by atoms with Gasteiger partial charge in [-0.1, -0.05) is 19.1 Å². The first-order chi connectivity index (χ1) is 17.8. The van der Waals surface area contributed by atoms with Crippen molar-refractivity contribution in [3.8, 4) is 34.1 Å². The van der Waals surface area contributed by atoms with Crippen molar-refractivity contribution in [2.24, 2.45) is 0 Å². The third-order valence-electron chi connectivity index (χ3n) is 5.85. The Morgan fingerprint density at radius 1 is 1.00 bits per heavy atom. The number of esters is 1. The average Bonchev–Trinajstić information content (AvgIpc) is 3.52. The van der Waals surface area contributed by atoms with Gasteiger partial charge in [-0.25, -0.2) is 14.8 Å². The standard InChI is InChI=1S/C27H28N4O5S/c1-6-21(36-26(33)18-9-7-17(8-10-18)24-28-15(2)16(3)29-24)25(32)31-27-30-20(14-37-27)19-11-12-22(34-4)23(13-19)35-5/h7-14,21H,6H2,1-5H3,(H,28,29)(H,30,31,32). The van der Waals surface area contributed by atoms with Crippen molar-refractivity contribution < 1.29 is 23.8 Å². The molecule has 2 N–H and O–H groups in total. The fraction of sp³-hybridized carbons (Fsp3) is 0.259. The number of aryl methyl sites for hydroxylation is 2. The lowest BCUT2D eigenvalue weighted by atomic mass is 10.1. The Labute approximate surface area is 218 Å². The summed E-state index contributed by atoms with van der Waals surface area (Å²) in [5, 5.41) is 4.98. The molecule has 0 radical (unpaired) electrons. The van der Waals surface area contributed by atoms with E-state index in [0.717, 1.165) is 28.3 Å². The number of aromatic nitrogens is 3. The van der Waals surface area contributed by atoms with E-state index in [1.54, 1.807) is 51.5 Å². The second-order valence-corrected chi connectivity index (χ2v) is 9.13. The number of carbonyl (C=O) groups excluding carboxylic acids is 2. The van der Waals surface area contributed by atoms with Crippen LogP contribution in [0.4, 0.5) is 5.13 Å². The van der Waals surface area contributed by atoms with Crippen molar-refractivity contribution in [2.75, 3.05) is 19.5 Å². The number of nitrogens with zero attached hydrogens (tertiary/aromatic N) is 2. The van der Waals surface area contributed by atoms with Crippen LogP contribution in [0, 0.1) is 13.8 Å². The third kappa shape index (κ3) is 5.80. The first kappa shape index (κ1) is 25.9. The van der Waals surface area contributed by atoms with E-state index < -0.39 is 18.0 Å². The Kier molecular flexibility index (Phi) is 7.88. The van der Waals surface area contributed by atoms with Gasteiger partial charge in [-0.05, 0) is 50.6 Å². The lowest BCUT2D eigenvalue weighted by Gasteiger charge is -2.15. The Balaban J connectivity index is 1.40. The van der Waals surface area contributed by atoms with E-state index in [1.807, 2.05) is 31.4 Å². The lowest BCUT2D eigenvalue weighted by Crippen LogP contribution is -2.32. The molecule has 0 saturated carbocycles. The highest BCUT2D eigenvalue weighted by molar-refractivity contribution is 7.14. The predicted molar refractivity (Wildman–Crippen MR) is 142 cm³/mol. The van der Waals surface area contributed by atoms with E-state index in [1.165, 1.54) is 11.3 Å². The maximum atomic E-state index is 12.8. The molecule has 0 aliphatic heterocycles. The maximum Gasteiger partial charge on any atom is 0.338 e. The topological polar surface area (TPSA) is 115 Å². The molecule has 0 aliphatic rings. The second kappa shape index (κ2) is 11.3. The van der Waals surface area contributed by atoms with Crippen molar-refractivity contribution in [3.05, 3.63) is 64.8 Å². The summed E-state index contributed by atoms with van der Waals surface area (Å²) in [7, 11) is 3.14. The number of anilines is 1. The Hall–Kier alpha value is -4.18. The molecular weight excluding hydrogens is 492 g/mol. The van der Waals surface area contributed by atoms with Crippen LogP contribution < -0.4 is 14.8 Å². The van der Waals surface area contributed by atoms with Gasteiger partial charge in [0, 0.05) is 22.2 Å². The molecule has 2 aromatic carbocycles. The third-order valence-corrected chi connectivity index (χ3v) is 6.61. The average molecular weight is 521 g/mol. The molecule has 2 aromatic heterocycles. The number of ether oxygens (including phenoxy) is 3. The molecule has 10 heteroatoms. The Morgan fingerprint density at radius 2 is 1.70 bits per heavy atom. The number of thiazole rings is 1.